The summed E-state index contributed by atoms with van der Waals surface area (Å²) in [5.74, 6) is -15.9. The number of ether oxygens (including phenoxy) is 4. The zero-order valence-electron chi connectivity index (χ0n) is 69.2. The SMILES string of the molecule is Cc1c(O)cc(C(=O)N[C@@H]2CCCC[C@@H]2NC(=O)c2cc(O)c(O)c(O)c2)cc1O.Cc1c(O)cc(C(=O)N[C@H]2CCCC[C@@H]2NC(=O)c2cc(O)c(O)c(O)c2)cc1O.Cc1c(O)cc(C(=O)O[C@H]2Cc3cc(O)ccc3C[C@H]2OC(=O)c2cc(O)c(O)c(O)c2)cc1O.Cc1c(O)cc(C(=O)O[C@H]2Cc3ccccc3C[C@H]2OC(=O)c2cc(O)c(O)c(O)c2)cc1O. The van der Waals surface area contributed by atoms with Crippen molar-refractivity contribution in [2.45, 2.75) is 153 Å². The molecule has 4 aliphatic carbocycles. The minimum Gasteiger partial charge on any atom is -0.508 e. The first-order valence-corrected chi connectivity index (χ1v) is 40.1. The van der Waals surface area contributed by atoms with E-state index in [9.17, 15) is 146 Å². The number of benzene rings is 10. The number of esters is 4. The monoisotopic (exact) mass is 1780 g/mol. The van der Waals surface area contributed by atoms with Gasteiger partial charge in [0, 0.05) is 94.4 Å². The molecular formula is C92H92N4O33. The minimum absolute atomic E-state index is 0.00712. The quantitative estimate of drug-likeness (QED) is 0.0243. The molecule has 37 nitrogen and oxygen atoms in total. The number of phenolic OH excluding ortho intramolecular Hbond substituents is 21. The average molecular weight is 1780 g/mol. The molecule has 0 unspecified atom stereocenters. The van der Waals surface area contributed by atoms with Gasteiger partial charge in [-0.3, -0.25) is 19.2 Å². The summed E-state index contributed by atoms with van der Waals surface area (Å²) in [5, 5.41) is 215. The van der Waals surface area contributed by atoms with E-state index in [0.717, 1.165) is 103 Å². The zero-order chi connectivity index (χ0) is 94.0. The summed E-state index contributed by atoms with van der Waals surface area (Å²) in [7, 11) is 0. The Hall–Kier alpha value is -16.2. The van der Waals surface area contributed by atoms with Gasteiger partial charge in [-0.1, -0.05) is 56.0 Å². The minimum atomic E-state index is -1.01. The third kappa shape index (κ3) is 22.3. The molecular weight excluding hydrogens is 1690 g/mol. The smallest absolute Gasteiger partial charge is 0.338 e. The van der Waals surface area contributed by atoms with Crippen LogP contribution < -0.4 is 21.3 Å². The second-order valence-electron chi connectivity index (χ2n) is 31.2. The number of phenols is 21. The Morgan fingerprint density at radius 1 is 0.240 bits per heavy atom. The summed E-state index contributed by atoms with van der Waals surface area (Å²) in [6, 6.07) is 28.1. The molecule has 10 aromatic rings. The lowest BCUT2D eigenvalue weighted by molar-refractivity contribution is -0.0390. The van der Waals surface area contributed by atoms with Crippen LogP contribution in [0.4, 0.5) is 0 Å². The van der Waals surface area contributed by atoms with Gasteiger partial charge in [0.05, 0.1) is 22.3 Å². The molecule has 678 valence electrons. The predicted molar refractivity (Wildman–Crippen MR) is 452 cm³/mol. The first kappa shape index (κ1) is 93.5. The first-order valence-electron chi connectivity index (χ1n) is 40.1. The number of carbonyl (C=O) groups is 8. The number of amides is 4. The van der Waals surface area contributed by atoms with Gasteiger partial charge in [0.25, 0.3) is 23.6 Å². The highest BCUT2D eigenvalue weighted by Crippen LogP contribution is 2.43. The second kappa shape index (κ2) is 39.7. The van der Waals surface area contributed by atoms with Gasteiger partial charge < -0.3 is 147 Å². The van der Waals surface area contributed by atoms with Gasteiger partial charge in [0.2, 0.25) is 0 Å². The van der Waals surface area contributed by atoms with Crippen molar-refractivity contribution in [1.29, 1.82) is 0 Å². The van der Waals surface area contributed by atoms with E-state index in [0.29, 0.717) is 31.2 Å². The third-order valence-corrected chi connectivity index (χ3v) is 22.3. The first-order chi connectivity index (χ1) is 61.0. The maximum atomic E-state index is 12.8. The van der Waals surface area contributed by atoms with Gasteiger partial charge in [-0.15, -0.1) is 0 Å². The van der Waals surface area contributed by atoms with Crippen LogP contribution >= 0.6 is 0 Å². The van der Waals surface area contributed by atoms with Crippen LogP contribution in [-0.2, 0) is 44.6 Å². The van der Waals surface area contributed by atoms with Crippen LogP contribution in [0.15, 0.2) is 140 Å². The molecule has 10 aromatic carbocycles. The molecule has 25 N–H and O–H groups in total. The lowest BCUT2D eigenvalue weighted by atomic mass is 9.87. The van der Waals surface area contributed by atoms with Crippen LogP contribution in [0.1, 0.15) is 179 Å². The lowest BCUT2D eigenvalue weighted by Gasteiger charge is -2.33. The van der Waals surface area contributed by atoms with Gasteiger partial charge in [0.1, 0.15) is 76.2 Å². The van der Waals surface area contributed by atoms with Gasteiger partial charge in [-0.2, -0.15) is 0 Å². The number of aromatic hydroxyl groups is 21. The number of rotatable bonds is 16. The van der Waals surface area contributed by atoms with Crippen LogP contribution in [0.5, 0.6) is 121 Å². The molecule has 8 atom stereocenters. The average Bonchev–Trinajstić information content (AvgIpc) is 0.791. The number of nitrogens with one attached hydrogen (secondary N) is 4. The third-order valence-electron chi connectivity index (χ3n) is 22.3. The summed E-state index contributed by atoms with van der Waals surface area (Å²) < 4.78 is 22.3. The molecule has 0 bridgehead atoms. The van der Waals surface area contributed by atoms with Crippen molar-refractivity contribution in [1.82, 2.24) is 21.3 Å². The molecule has 0 spiro atoms. The standard InChI is InChI=1S/C25H22O10.C25H22O9.2C21H24N2O7/c1-11-17(27)5-14(6-18(11)28)24(32)35-22-10-13-4-16(26)3-2-12(13)9-21(22)34-25(33)15-7-19(29)23(31)20(30)8-15;1-12-17(26)6-15(7-18(12)27)24(31)33-21-10-13-4-2-3-5-14(13)11-22(21)34-25(32)16-8-19(28)23(30)20(29)9-16;2*1-10-15(24)6-11(7-16(10)25)20(29)22-13-4-2-3-5-14(13)23-21(30)12-8-17(26)19(28)18(27)9-12/h2-8,21-22,26-31H,9-10H2,1H3;2-9,21-22,26-30H,10-11H2,1H3;2*6-9,13-14,24-28H,2-5H2,1H3,(H,22,29)(H,23,30)/t2*21-,22+;13-,14+;13-,14-/m1010/s1. The molecule has 14 rings (SSSR count). The van der Waals surface area contributed by atoms with Crippen LogP contribution in [0, 0.1) is 27.7 Å². The highest BCUT2D eigenvalue weighted by atomic mass is 16.6. The molecule has 2 fully saturated rings. The van der Waals surface area contributed by atoms with Crippen molar-refractivity contribution in [3.8, 4) is 121 Å². The maximum absolute atomic E-state index is 12.8. The highest BCUT2D eigenvalue weighted by Gasteiger charge is 2.39. The molecule has 0 radical (unpaired) electrons. The zero-order valence-corrected chi connectivity index (χ0v) is 69.2. The predicted octanol–water partition coefficient (Wildman–Crippen LogP) is 9.84. The Morgan fingerprint density at radius 2 is 0.426 bits per heavy atom. The molecule has 2 saturated carbocycles. The van der Waals surface area contributed by atoms with E-state index < -0.39 is 153 Å². The van der Waals surface area contributed by atoms with E-state index in [2.05, 4.69) is 21.3 Å². The fraction of sp³-hybridized carbons (Fsp3) is 0.261. The molecule has 0 saturated heterocycles. The van der Waals surface area contributed by atoms with Crippen molar-refractivity contribution in [2.24, 2.45) is 0 Å². The molecule has 37 heteroatoms. The lowest BCUT2D eigenvalue weighted by Crippen LogP contribution is -2.53. The van der Waals surface area contributed by atoms with Crippen molar-refractivity contribution < 1.29 is 165 Å². The van der Waals surface area contributed by atoms with E-state index in [1.165, 1.54) is 76.2 Å². The Morgan fingerprint density at radius 3 is 0.651 bits per heavy atom. The molecule has 129 heavy (non-hydrogen) atoms. The van der Waals surface area contributed by atoms with Crippen molar-refractivity contribution in [3.63, 3.8) is 0 Å². The number of hydrogen-bond acceptors (Lipinski definition) is 33. The highest BCUT2D eigenvalue weighted by molar-refractivity contribution is 5.99. The van der Waals surface area contributed by atoms with Crippen molar-refractivity contribution >= 4 is 47.5 Å². The van der Waals surface area contributed by atoms with E-state index in [-0.39, 0.29) is 156 Å². The van der Waals surface area contributed by atoms with Gasteiger partial charge in [-0.25, -0.2) is 19.2 Å². The van der Waals surface area contributed by atoms with Crippen LogP contribution in [-0.4, -0.2) is 203 Å². The summed E-state index contributed by atoms with van der Waals surface area (Å²) in [6.45, 7) is 6.01. The van der Waals surface area contributed by atoms with E-state index in [1.807, 2.05) is 24.3 Å². The van der Waals surface area contributed by atoms with Crippen molar-refractivity contribution in [2.75, 3.05) is 0 Å². The Labute approximate surface area is 732 Å². The Kier molecular flexibility index (Phi) is 28.8. The van der Waals surface area contributed by atoms with Crippen LogP contribution in [0.3, 0.4) is 0 Å². The van der Waals surface area contributed by atoms with Gasteiger partial charge >= 0.3 is 23.9 Å². The fourth-order valence-corrected chi connectivity index (χ4v) is 14.8. The van der Waals surface area contributed by atoms with E-state index >= 15 is 0 Å². The molecule has 0 aliphatic heterocycles. The maximum Gasteiger partial charge on any atom is 0.338 e. The summed E-state index contributed by atoms with van der Waals surface area (Å²) in [6.07, 6.45) is 2.73. The fourth-order valence-electron chi connectivity index (χ4n) is 14.8. The van der Waals surface area contributed by atoms with Crippen LogP contribution in [0.2, 0.25) is 0 Å². The summed E-state index contributed by atoms with van der Waals surface area (Å²) in [4.78, 5) is 101. The second-order valence-corrected chi connectivity index (χ2v) is 31.2. The Balaban J connectivity index is 0.000000167. The molecule has 0 aromatic heterocycles. The normalized spacial score (nSPS) is 17.7. The number of fused-ring (bicyclic) bond motifs is 2. The summed E-state index contributed by atoms with van der Waals surface area (Å²) >= 11 is 0. The van der Waals surface area contributed by atoms with Crippen LogP contribution in [0.25, 0.3) is 0 Å². The van der Waals surface area contributed by atoms with E-state index in [1.54, 1.807) is 6.07 Å². The number of hydrogen-bond donors (Lipinski definition) is 25. The van der Waals surface area contributed by atoms with Crippen molar-refractivity contribution in [3.05, 3.63) is 229 Å². The molecule has 0 heterocycles. The number of carbonyl (C=O) groups excluding carboxylic acids is 8. The molecule has 4 aliphatic rings. The summed E-state index contributed by atoms with van der Waals surface area (Å²) in [5.41, 5.74) is 3.66. The Bertz CT molecular complexity index is 5430. The molecule has 4 amide bonds. The topological polar surface area (TPSA) is 646 Å². The van der Waals surface area contributed by atoms with E-state index in [4.69, 9.17) is 18.9 Å². The van der Waals surface area contributed by atoms with Gasteiger partial charge in [-0.05, 0) is 185 Å². The largest absolute Gasteiger partial charge is 0.508 e. The van der Waals surface area contributed by atoms with Gasteiger partial charge in [0.15, 0.2) is 69.0 Å².